The van der Waals surface area contributed by atoms with Crippen molar-refractivity contribution < 1.29 is 14.6 Å². The first-order valence-electron chi connectivity index (χ1n) is 6.86. The van der Waals surface area contributed by atoms with Gasteiger partial charge in [0.25, 0.3) is 0 Å². The zero-order valence-electron chi connectivity index (χ0n) is 12.6. The summed E-state index contributed by atoms with van der Waals surface area (Å²) in [4.78, 5) is 11.8. The number of hydrogen-bond donors (Lipinski definition) is 2. The number of amides is 1. The van der Waals surface area contributed by atoms with Crippen LogP contribution in [0.15, 0.2) is 47.2 Å². The number of benzene rings is 1. The molecule has 2 aromatic rings. The lowest BCUT2D eigenvalue weighted by molar-refractivity contribution is -0.117. The standard InChI is InChI=1S/C17H19NO3S/c1-17(20,14-8-9-22-11-14)12-18-16(19)7-6-13-4-3-5-15(10-13)21-2/h3-11,20H,12H2,1-2H3,(H,18,19). The third kappa shape index (κ3) is 4.44. The van der Waals surface area contributed by atoms with Crippen molar-refractivity contribution in [3.05, 3.63) is 58.3 Å². The van der Waals surface area contributed by atoms with Gasteiger partial charge < -0.3 is 15.2 Å². The number of hydrogen-bond acceptors (Lipinski definition) is 4. The summed E-state index contributed by atoms with van der Waals surface area (Å²) in [6, 6.07) is 9.27. The van der Waals surface area contributed by atoms with Crippen molar-refractivity contribution in [3.8, 4) is 5.75 Å². The van der Waals surface area contributed by atoms with E-state index in [-0.39, 0.29) is 12.5 Å². The molecule has 1 unspecified atom stereocenters. The number of carbonyl (C=O) groups is 1. The van der Waals surface area contributed by atoms with Crippen LogP contribution < -0.4 is 10.1 Å². The van der Waals surface area contributed by atoms with Gasteiger partial charge in [0.15, 0.2) is 0 Å². The lowest BCUT2D eigenvalue weighted by Gasteiger charge is -2.22. The van der Waals surface area contributed by atoms with Crippen LogP contribution >= 0.6 is 11.3 Å². The van der Waals surface area contributed by atoms with Crippen molar-refractivity contribution in [2.45, 2.75) is 12.5 Å². The average molecular weight is 317 g/mol. The average Bonchev–Trinajstić information content (AvgIpc) is 3.06. The highest BCUT2D eigenvalue weighted by molar-refractivity contribution is 7.08. The second-order valence-corrected chi connectivity index (χ2v) is 5.89. The van der Waals surface area contributed by atoms with E-state index < -0.39 is 5.60 Å². The largest absolute Gasteiger partial charge is 0.497 e. The van der Waals surface area contributed by atoms with E-state index in [9.17, 15) is 9.90 Å². The SMILES string of the molecule is COc1cccc(C=CC(=O)NCC(C)(O)c2ccsc2)c1. The highest BCUT2D eigenvalue weighted by Crippen LogP contribution is 2.22. The molecule has 0 aliphatic heterocycles. The van der Waals surface area contributed by atoms with Gasteiger partial charge in [0.05, 0.1) is 13.7 Å². The summed E-state index contributed by atoms with van der Waals surface area (Å²) in [5.41, 5.74) is 0.605. The fourth-order valence-corrected chi connectivity index (χ4v) is 2.69. The summed E-state index contributed by atoms with van der Waals surface area (Å²) in [5.74, 6) is 0.487. The molecule has 2 rings (SSSR count). The molecule has 116 valence electrons. The molecule has 1 atom stereocenters. The van der Waals surface area contributed by atoms with Gasteiger partial charge in [0.2, 0.25) is 5.91 Å². The van der Waals surface area contributed by atoms with Crippen LogP contribution in [0, 0.1) is 0 Å². The maximum Gasteiger partial charge on any atom is 0.244 e. The molecule has 22 heavy (non-hydrogen) atoms. The second kappa shape index (κ2) is 7.24. The van der Waals surface area contributed by atoms with E-state index in [2.05, 4.69) is 5.32 Å². The van der Waals surface area contributed by atoms with E-state index in [0.29, 0.717) is 0 Å². The predicted molar refractivity (Wildman–Crippen MR) is 88.9 cm³/mol. The molecule has 1 aromatic carbocycles. The third-order valence-electron chi connectivity index (χ3n) is 3.27. The quantitative estimate of drug-likeness (QED) is 0.806. The fraction of sp³-hybridized carbons (Fsp3) is 0.235. The van der Waals surface area contributed by atoms with Crippen molar-refractivity contribution in [2.75, 3.05) is 13.7 Å². The lowest BCUT2D eigenvalue weighted by atomic mass is 9.99. The van der Waals surface area contributed by atoms with Crippen LogP contribution in [0.4, 0.5) is 0 Å². The Morgan fingerprint density at radius 2 is 2.27 bits per heavy atom. The fourth-order valence-electron chi connectivity index (χ4n) is 1.91. The van der Waals surface area contributed by atoms with Gasteiger partial charge in [-0.15, -0.1) is 0 Å². The maximum atomic E-state index is 11.8. The first-order chi connectivity index (χ1) is 10.5. The molecular formula is C17H19NO3S. The Morgan fingerprint density at radius 3 is 2.95 bits per heavy atom. The van der Waals surface area contributed by atoms with Crippen LogP contribution in [-0.2, 0) is 10.4 Å². The zero-order chi connectivity index (χ0) is 16.0. The Balaban J connectivity index is 1.91. The first kappa shape index (κ1) is 16.3. The minimum atomic E-state index is -1.07. The Bertz CT molecular complexity index is 648. The van der Waals surface area contributed by atoms with Crippen LogP contribution in [0.3, 0.4) is 0 Å². The summed E-state index contributed by atoms with van der Waals surface area (Å²) < 4.78 is 5.13. The molecule has 0 aliphatic carbocycles. The molecule has 0 saturated carbocycles. The molecule has 1 heterocycles. The van der Waals surface area contributed by atoms with E-state index in [1.54, 1.807) is 20.1 Å². The molecule has 1 aromatic heterocycles. The number of thiophene rings is 1. The normalized spacial score (nSPS) is 13.8. The molecular weight excluding hydrogens is 298 g/mol. The van der Waals surface area contributed by atoms with Crippen molar-refractivity contribution in [1.82, 2.24) is 5.32 Å². The summed E-state index contributed by atoms with van der Waals surface area (Å²) in [5, 5.41) is 16.8. The lowest BCUT2D eigenvalue weighted by Crippen LogP contribution is -2.37. The van der Waals surface area contributed by atoms with Crippen molar-refractivity contribution >= 4 is 23.3 Å². The Labute approximate surface area is 134 Å². The summed E-state index contributed by atoms with van der Waals surface area (Å²) in [6.45, 7) is 1.84. The van der Waals surface area contributed by atoms with E-state index in [1.165, 1.54) is 17.4 Å². The minimum absolute atomic E-state index is 0.158. The third-order valence-corrected chi connectivity index (χ3v) is 3.95. The number of ether oxygens (including phenoxy) is 1. The predicted octanol–water partition coefficient (Wildman–Crippen LogP) is 2.79. The number of rotatable bonds is 6. The van der Waals surface area contributed by atoms with E-state index in [4.69, 9.17) is 4.74 Å². The van der Waals surface area contributed by atoms with Gasteiger partial charge in [-0.05, 0) is 53.1 Å². The van der Waals surface area contributed by atoms with E-state index >= 15 is 0 Å². The Kier molecular flexibility index (Phi) is 5.35. The topological polar surface area (TPSA) is 58.6 Å². The second-order valence-electron chi connectivity index (χ2n) is 5.11. The maximum absolute atomic E-state index is 11.8. The smallest absolute Gasteiger partial charge is 0.244 e. The highest BCUT2D eigenvalue weighted by atomic mass is 32.1. The molecule has 0 spiro atoms. The molecule has 5 heteroatoms. The summed E-state index contributed by atoms with van der Waals surface area (Å²) >= 11 is 1.51. The van der Waals surface area contributed by atoms with Gasteiger partial charge in [-0.25, -0.2) is 0 Å². The minimum Gasteiger partial charge on any atom is -0.497 e. The first-order valence-corrected chi connectivity index (χ1v) is 7.80. The van der Waals surface area contributed by atoms with Crippen molar-refractivity contribution in [1.29, 1.82) is 0 Å². The monoisotopic (exact) mass is 317 g/mol. The number of nitrogens with one attached hydrogen (secondary N) is 1. The molecule has 0 bridgehead atoms. The van der Waals surface area contributed by atoms with Crippen molar-refractivity contribution in [2.24, 2.45) is 0 Å². The molecule has 1 amide bonds. The summed E-state index contributed by atoms with van der Waals surface area (Å²) in [6.07, 6.45) is 3.15. The van der Waals surface area contributed by atoms with Crippen LogP contribution in [-0.4, -0.2) is 24.7 Å². The highest BCUT2D eigenvalue weighted by Gasteiger charge is 2.23. The van der Waals surface area contributed by atoms with Gasteiger partial charge in [-0.1, -0.05) is 12.1 Å². The van der Waals surface area contributed by atoms with Gasteiger partial charge >= 0.3 is 0 Å². The number of aliphatic hydroxyl groups is 1. The van der Waals surface area contributed by atoms with Crippen LogP contribution in [0.5, 0.6) is 5.75 Å². The Morgan fingerprint density at radius 1 is 1.45 bits per heavy atom. The molecule has 0 fully saturated rings. The van der Waals surface area contributed by atoms with E-state index in [0.717, 1.165) is 16.9 Å². The summed E-state index contributed by atoms with van der Waals surface area (Å²) in [7, 11) is 1.60. The van der Waals surface area contributed by atoms with Crippen LogP contribution in [0.25, 0.3) is 6.08 Å². The van der Waals surface area contributed by atoms with Crippen LogP contribution in [0.1, 0.15) is 18.1 Å². The van der Waals surface area contributed by atoms with Gasteiger partial charge in [-0.2, -0.15) is 11.3 Å². The molecule has 2 N–H and O–H groups in total. The van der Waals surface area contributed by atoms with E-state index in [1.807, 2.05) is 41.1 Å². The van der Waals surface area contributed by atoms with Gasteiger partial charge in [0.1, 0.15) is 11.4 Å². The zero-order valence-corrected chi connectivity index (χ0v) is 13.4. The van der Waals surface area contributed by atoms with Gasteiger partial charge in [-0.3, -0.25) is 4.79 Å². The molecule has 0 saturated heterocycles. The molecule has 4 nitrogen and oxygen atoms in total. The van der Waals surface area contributed by atoms with Gasteiger partial charge in [0, 0.05) is 6.08 Å². The van der Waals surface area contributed by atoms with Crippen LogP contribution in [0.2, 0.25) is 0 Å². The van der Waals surface area contributed by atoms with Crippen molar-refractivity contribution in [3.63, 3.8) is 0 Å². The molecule has 0 aliphatic rings. The molecule has 0 radical (unpaired) electrons. The number of carbonyl (C=O) groups excluding carboxylic acids is 1. The number of methoxy groups -OCH3 is 1. The Hall–Kier alpha value is -2.11.